The van der Waals surface area contributed by atoms with Crippen LogP contribution in [0.2, 0.25) is 0 Å². The second kappa shape index (κ2) is 7.58. The fourth-order valence-electron chi connectivity index (χ4n) is 3.46. The van der Waals surface area contributed by atoms with Crippen LogP contribution in [0.3, 0.4) is 0 Å². The van der Waals surface area contributed by atoms with Crippen molar-refractivity contribution in [2.45, 2.75) is 45.6 Å². The summed E-state index contributed by atoms with van der Waals surface area (Å²) in [7, 11) is 0. The number of ether oxygens (including phenoxy) is 1. The van der Waals surface area contributed by atoms with Crippen molar-refractivity contribution in [3.8, 4) is 11.1 Å². The summed E-state index contributed by atoms with van der Waals surface area (Å²) in [5.74, 6) is -1.52. The summed E-state index contributed by atoms with van der Waals surface area (Å²) >= 11 is 0. The third-order valence-corrected chi connectivity index (χ3v) is 4.72. The molecule has 1 aliphatic rings. The molecule has 1 amide bonds. The second-order valence-corrected chi connectivity index (χ2v) is 8.18. The molecule has 0 bridgehead atoms. The number of anilines is 1. The fraction of sp³-hybridized carbons (Fsp3) is 0.348. The molecule has 2 aromatic rings. The third kappa shape index (κ3) is 4.14. The molecule has 1 N–H and O–H groups in total. The van der Waals surface area contributed by atoms with Gasteiger partial charge in [0.1, 0.15) is 11.9 Å². The Bertz CT molecular complexity index is 926. The Morgan fingerprint density at radius 1 is 1.11 bits per heavy atom. The van der Waals surface area contributed by atoms with Crippen LogP contribution in [-0.4, -0.2) is 23.8 Å². The number of benzene rings is 2. The van der Waals surface area contributed by atoms with Gasteiger partial charge in [0.05, 0.1) is 12.3 Å². The maximum Gasteiger partial charge on any atom is 0.307 e. The number of rotatable bonds is 5. The van der Waals surface area contributed by atoms with Gasteiger partial charge < -0.3 is 14.8 Å². The lowest BCUT2D eigenvalue weighted by Gasteiger charge is -2.20. The Hall–Kier alpha value is -2.95. The first-order valence-electron chi connectivity index (χ1n) is 9.41. The van der Waals surface area contributed by atoms with Gasteiger partial charge in [-0.3, -0.25) is 9.59 Å². The van der Waals surface area contributed by atoms with Crippen LogP contribution in [0.1, 0.15) is 51.2 Å². The Morgan fingerprint density at radius 2 is 1.79 bits per heavy atom. The summed E-state index contributed by atoms with van der Waals surface area (Å²) in [6.07, 6.45) is 0.942. The molecule has 0 saturated heterocycles. The largest absolute Gasteiger partial charge is 0.460 e. The van der Waals surface area contributed by atoms with E-state index in [0.29, 0.717) is 5.69 Å². The van der Waals surface area contributed by atoms with Crippen LogP contribution in [0.25, 0.3) is 11.1 Å². The highest BCUT2D eigenvalue weighted by atomic mass is 16.6. The van der Waals surface area contributed by atoms with Crippen molar-refractivity contribution < 1.29 is 19.1 Å². The molecule has 2 aromatic carbocycles. The molecule has 2 atom stereocenters. The molecular formula is C23H25NO4. The van der Waals surface area contributed by atoms with Crippen LogP contribution in [0.4, 0.5) is 5.69 Å². The lowest BCUT2D eigenvalue weighted by atomic mass is 9.98. The number of nitrogens with one attached hydrogen (secondary N) is 1. The predicted molar refractivity (Wildman–Crippen MR) is 108 cm³/mol. The SMILES string of the molecule is CC(CC(=O)OC(C)(C)C)C(=O)Nc1ccc2c(c1)C(C=O)c1ccccc1-2. The lowest BCUT2D eigenvalue weighted by Crippen LogP contribution is -2.28. The minimum atomic E-state index is -0.577. The van der Waals surface area contributed by atoms with Crippen LogP contribution < -0.4 is 5.32 Å². The summed E-state index contributed by atoms with van der Waals surface area (Å²) < 4.78 is 5.28. The highest BCUT2D eigenvalue weighted by molar-refractivity contribution is 5.96. The summed E-state index contributed by atoms with van der Waals surface area (Å²) in [4.78, 5) is 36.1. The maximum absolute atomic E-state index is 12.5. The van der Waals surface area contributed by atoms with Gasteiger partial charge in [-0.05, 0) is 55.2 Å². The van der Waals surface area contributed by atoms with Crippen LogP contribution in [0, 0.1) is 5.92 Å². The summed E-state index contributed by atoms with van der Waals surface area (Å²) in [6.45, 7) is 7.07. The van der Waals surface area contributed by atoms with E-state index in [1.165, 1.54) is 0 Å². The molecule has 0 aliphatic heterocycles. The molecule has 2 unspecified atom stereocenters. The van der Waals surface area contributed by atoms with Crippen molar-refractivity contribution >= 4 is 23.9 Å². The number of carbonyl (C=O) groups is 3. The van der Waals surface area contributed by atoms with Crippen LogP contribution in [0.5, 0.6) is 0 Å². The monoisotopic (exact) mass is 379 g/mol. The van der Waals surface area contributed by atoms with E-state index in [-0.39, 0.29) is 18.2 Å². The van der Waals surface area contributed by atoms with Crippen molar-refractivity contribution in [2.75, 3.05) is 5.32 Å². The van der Waals surface area contributed by atoms with Gasteiger partial charge in [-0.1, -0.05) is 37.3 Å². The van der Waals surface area contributed by atoms with Gasteiger partial charge in [-0.2, -0.15) is 0 Å². The van der Waals surface area contributed by atoms with Gasteiger partial charge in [-0.15, -0.1) is 0 Å². The zero-order valence-electron chi connectivity index (χ0n) is 16.6. The Morgan fingerprint density at radius 3 is 2.46 bits per heavy atom. The summed E-state index contributed by atoms with van der Waals surface area (Å²) in [6, 6.07) is 13.4. The summed E-state index contributed by atoms with van der Waals surface area (Å²) in [5, 5.41) is 2.85. The van der Waals surface area contributed by atoms with Gasteiger partial charge in [-0.25, -0.2) is 0 Å². The average Bonchev–Trinajstić information content (AvgIpc) is 2.92. The summed E-state index contributed by atoms with van der Waals surface area (Å²) in [5.41, 5.74) is 3.95. The quantitative estimate of drug-likeness (QED) is 0.621. The molecule has 0 spiro atoms. The minimum absolute atomic E-state index is 0.0104. The molecule has 0 saturated carbocycles. The van der Waals surface area contributed by atoms with E-state index in [1.807, 2.05) is 42.5 Å². The number of fused-ring (bicyclic) bond motifs is 3. The molecule has 146 valence electrons. The molecule has 0 heterocycles. The first kappa shape index (κ1) is 19.8. The lowest BCUT2D eigenvalue weighted by molar-refractivity contribution is -0.156. The smallest absolute Gasteiger partial charge is 0.307 e. The minimum Gasteiger partial charge on any atom is -0.460 e. The zero-order valence-corrected chi connectivity index (χ0v) is 16.6. The number of esters is 1. The highest BCUT2D eigenvalue weighted by Crippen LogP contribution is 2.44. The molecule has 0 aromatic heterocycles. The molecule has 28 heavy (non-hydrogen) atoms. The van der Waals surface area contributed by atoms with E-state index in [9.17, 15) is 14.4 Å². The van der Waals surface area contributed by atoms with E-state index in [2.05, 4.69) is 5.32 Å². The molecular weight excluding hydrogens is 354 g/mol. The number of aldehydes is 1. The molecule has 1 aliphatic carbocycles. The van der Waals surface area contributed by atoms with E-state index in [0.717, 1.165) is 28.5 Å². The Labute approximate surface area is 165 Å². The van der Waals surface area contributed by atoms with Gasteiger partial charge in [0.25, 0.3) is 0 Å². The van der Waals surface area contributed by atoms with Crippen molar-refractivity contribution in [2.24, 2.45) is 5.92 Å². The molecule has 3 rings (SSSR count). The van der Waals surface area contributed by atoms with Crippen molar-refractivity contribution in [3.05, 3.63) is 53.6 Å². The molecule has 0 fully saturated rings. The van der Waals surface area contributed by atoms with Crippen molar-refractivity contribution in [1.82, 2.24) is 0 Å². The number of hydrogen-bond donors (Lipinski definition) is 1. The van der Waals surface area contributed by atoms with Gasteiger partial charge >= 0.3 is 5.97 Å². The normalized spacial score (nSPS) is 15.9. The van der Waals surface area contributed by atoms with Gasteiger partial charge in [0.2, 0.25) is 5.91 Å². The topological polar surface area (TPSA) is 72.5 Å². The first-order valence-corrected chi connectivity index (χ1v) is 9.41. The number of carbonyl (C=O) groups excluding carboxylic acids is 3. The second-order valence-electron chi connectivity index (χ2n) is 8.18. The average molecular weight is 379 g/mol. The first-order chi connectivity index (χ1) is 13.2. The maximum atomic E-state index is 12.5. The van der Waals surface area contributed by atoms with Crippen LogP contribution in [0.15, 0.2) is 42.5 Å². The number of amides is 1. The van der Waals surface area contributed by atoms with Crippen molar-refractivity contribution in [3.63, 3.8) is 0 Å². The van der Waals surface area contributed by atoms with E-state index < -0.39 is 17.5 Å². The predicted octanol–water partition coefficient (Wildman–Crippen LogP) is 4.30. The fourth-order valence-corrected chi connectivity index (χ4v) is 3.46. The van der Waals surface area contributed by atoms with E-state index >= 15 is 0 Å². The molecule has 0 radical (unpaired) electrons. The van der Waals surface area contributed by atoms with Gasteiger partial charge in [0, 0.05) is 11.6 Å². The molecule has 5 heteroatoms. The Balaban J connectivity index is 1.73. The number of hydrogen-bond acceptors (Lipinski definition) is 4. The van der Waals surface area contributed by atoms with Crippen LogP contribution in [-0.2, 0) is 19.1 Å². The Kier molecular flexibility index (Phi) is 5.36. The van der Waals surface area contributed by atoms with Crippen LogP contribution >= 0.6 is 0 Å². The zero-order chi connectivity index (χ0) is 20.5. The van der Waals surface area contributed by atoms with Gasteiger partial charge in [0.15, 0.2) is 0 Å². The molecule has 5 nitrogen and oxygen atoms in total. The standard InChI is InChI=1S/C23H25NO4/c1-14(11-21(26)28-23(2,3)4)22(27)24-15-9-10-18-16-7-5-6-8-17(16)20(13-25)19(18)12-15/h5-10,12-14,20H,11H2,1-4H3,(H,24,27). The third-order valence-electron chi connectivity index (χ3n) is 4.72. The van der Waals surface area contributed by atoms with E-state index in [4.69, 9.17) is 4.74 Å². The van der Waals surface area contributed by atoms with Crippen molar-refractivity contribution in [1.29, 1.82) is 0 Å². The highest BCUT2D eigenvalue weighted by Gasteiger charge is 2.28. The van der Waals surface area contributed by atoms with E-state index in [1.54, 1.807) is 27.7 Å².